The second-order valence-corrected chi connectivity index (χ2v) is 8.47. The molecule has 0 heterocycles. The molecule has 126 valence electrons. The Balaban J connectivity index is 3.00. The van der Waals surface area contributed by atoms with Crippen molar-refractivity contribution < 1.29 is 13.0 Å². The molecule has 0 atom stereocenters. The highest BCUT2D eigenvalue weighted by Gasteiger charge is 2.22. The summed E-state index contributed by atoms with van der Waals surface area (Å²) in [6.45, 7) is 12.6. The number of hydrogen-bond donors (Lipinski definition) is 1. The molecule has 0 spiro atoms. The van der Waals surface area contributed by atoms with Gasteiger partial charge in [-0.25, -0.2) is 0 Å². The van der Waals surface area contributed by atoms with Crippen molar-refractivity contribution in [3.8, 4) is 0 Å². The smallest absolute Gasteiger partial charge is 0.282 e. The van der Waals surface area contributed by atoms with Crippen LogP contribution in [0.15, 0.2) is 29.2 Å². The second kappa shape index (κ2) is 6.25. The minimum Gasteiger partial charge on any atom is -0.282 e. The van der Waals surface area contributed by atoms with E-state index in [1.807, 2.05) is 26.0 Å². The van der Waals surface area contributed by atoms with Gasteiger partial charge < -0.3 is 0 Å². The normalized spacial score (nSPS) is 12.8. The van der Waals surface area contributed by atoms with Crippen molar-refractivity contribution in [2.24, 2.45) is 0 Å². The van der Waals surface area contributed by atoms with Crippen molar-refractivity contribution in [3.63, 3.8) is 0 Å². The molecule has 0 aliphatic rings. The Morgan fingerprint density at radius 2 is 1.22 bits per heavy atom. The molecule has 0 aromatic heterocycles. The highest BCUT2D eigenvalue weighted by atomic mass is 32.2. The molecular weight excluding hydrogens is 308 g/mol. The van der Waals surface area contributed by atoms with Gasteiger partial charge in [-0.2, -0.15) is 8.42 Å². The zero-order chi connectivity index (χ0) is 17.5. The standard InChI is InChI=1S/C19H26O3S/c1-11(2)14-7-8-16-15(18(14)12(3)4)9-10-17(23(20,21)22)19(16)13(5)6/h7-13H,1-6H3,(H,20,21,22). The molecule has 0 bridgehead atoms. The highest BCUT2D eigenvalue weighted by molar-refractivity contribution is 7.85. The van der Waals surface area contributed by atoms with Crippen LogP contribution in [-0.4, -0.2) is 13.0 Å². The summed E-state index contributed by atoms with van der Waals surface area (Å²) in [6, 6.07) is 7.48. The monoisotopic (exact) mass is 334 g/mol. The summed E-state index contributed by atoms with van der Waals surface area (Å²) in [4.78, 5) is 0.0204. The van der Waals surface area contributed by atoms with Crippen LogP contribution in [0, 0.1) is 0 Å². The summed E-state index contributed by atoms with van der Waals surface area (Å²) >= 11 is 0. The molecule has 23 heavy (non-hydrogen) atoms. The van der Waals surface area contributed by atoms with Gasteiger partial charge in [0.2, 0.25) is 0 Å². The summed E-state index contributed by atoms with van der Waals surface area (Å²) in [5.74, 6) is 0.744. The molecule has 0 saturated carbocycles. The third-order valence-electron chi connectivity index (χ3n) is 4.33. The third kappa shape index (κ3) is 3.29. The summed E-state index contributed by atoms with van der Waals surface area (Å²) in [5.41, 5.74) is 3.25. The summed E-state index contributed by atoms with van der Waals surface area (Å²) in [5, 5.41) is 2.01. The molecule has 2 rings (SSSR count). The van der Waals surface area contributed by atoms with Crippen molar-refractivity contribution in [2.75, 3.05) is 0 Å². The molecule has 2 aromatic carbocycles. The number of rotatable bonds is 4. The van der Waals surface area contributed by atoms with E-state index in [2.05, 4.69) is 33.8 Å². The first-order chi connectivity index (χ1) is 10.6. The fraction of sp³-hybridized carbons (Fsp3) is 0.474. The lowest BCUT2D eigenvalue weighted by atomic mass is 9.84. The Morgan fingerprint density at radius 1 is 0.739 bits per heavy atom. The van der Waals surface area contributed by atoms with Crippen LogP contribution in [-0.2, 0) is 10.1 Å². The van der Waals surface area contributed by atoms with E-state index in [9.17, 15) is 13.0 Å². The third-order valence-corrected chi connectivity index (χ3v) is 5.24. The molecule has 1 N–H and O–H groups in total. The van der Waals surface area contributed by atoms with E-state index in [4.69, 9.17) is 0 Å². The maximum atomic E-state index is 11.8. The first-order valence-electron chi connectivity index (χ1n) is 8.12. The number of fused-ring (bicyclic) bond motifs is 1. The number of benzene rings is 2. The van der Waals surface area contributed by atoms with Crippen LogP contribution in [0.1, 0.15) is 76.0 Å². The van der Waals surface area contributed by atoms with E-state index in [0.717, 1.165) is 10.8 Å². The van der Waals surface area contributed by atoms with Gasteiger partial charge in [0.05, 0.1) is 4.90 Å². The van der Waals surface area contributed by atoms with Crippen LogP contribution >= 0.6 is 0 Å². The molecule has 0 aliphatic heterocycles. The van der Waals surface area contributed by atoms with Crippen molar-refractivity contribution in [1.29, 1.82) is 0 Å². The van der Waals surface area contributed by atoms with Gasteiger partial charge in [-0.05, 0) is 51.3 Å². The van der Waals surface area contributed by atoms with Crippen molar-refractivity contribution in [2.45, 2.75) is 64.2 Å². The average Bonchev–Trinajstić information content (AvgIpc) is 2.42. The highest BCUT2D eigenvalue weighted by Crippen LogP contribution is 2.38. The summed E-state index contributed by atoms with van der Waals surface area (Å²) in [6.07, 6.45) is 0. The van der Waals surface area contributed by atoms with Gasteiger partial charge >= 0.3 is 0 Å². The molecule has 3 nitrogen and oxygen atoms in total. The van der Waals surface area contributed by atoms with E-state index in [0.29, 0.717) is 17.4 Å². The van der Waals surface area contributed by atoms with E-state index in [1.165, 1.54) is 11.1 Å². The molecule has 2 aromatic rings. The lowest BCUT2D eigenvalue weighted by Gasteiger charge is -2.22. The molecular formula is C19H26O3S. The van der Waals surface area contributed by atoms with Crippen LogP contribution in [0.3, 0.4) is 0 Å². The maximum absolute atomic E-state index is 11.8. The fourth-order valence-electron chi connectivity index (χ4n) is 3.42. The minimum atomic E-state index is -4.23. The minimum absolute atomic E-state index is 0.000497. The Morgan fingerprint density at radius 3 is 1.65 bits per heavy atom. The first kappa shape index (κ1) is 18.0. The van der Waals surface area contributed by atoms with Crippen LogP contribution < -0.4 is 0 Å². The maximum Gasteiger partial charge on any atom is 0.294 e. The van der Waals surface area contributed by atoms with Gasteiger partial charge in [0.25, 0.3) is 10.1 Å². The van der Waals surface area contributed by atoms with Crippen LogP contribution in [0.4, 0.5) is 0 Å². The lowest BCUT2D eigenvalue weighted by molar-refractivity contribution is 0.481. The zero-order valence-electron chi connectivity index (χ0n) is 14.7. The van der Waals surface area contributed by atoms with E-state index in [1.54, 1.807) is 6.07 Å². The Bertz CT molecular complexity index is 831. The van der Waals surface area contributed by atoms with Crippen molar-refractivity contribution in [1.82, 2.24) is 0 Å². The van der Waals surface area contributed by atoms with Crippen LogP contribution in [0.5, 0.6) is 0 Å². The Kier molecular flexibility index (Phi) is 4.88. The van der Waals surface area contributed by atoms with Gasteiger partial charge in [0, 0.05) is 0 Å². The topological polar surface area (TPSA) is 54.4 Å². The quantitative estimate of drug-likeness (QED) is 0.756. The molecule has 0 amide bonds. The van der Waals surface area contributed by atoms with Crippen molar-refractivity contribution >= 4 is 20.9 Å². The van der Waals surface area contributed by atoms with E-state index < -0.39 is 10.1 Å². The van der Waals surface area contributed by atoms with E-state index in [-0.39, 0.29) is 10.8 Å². The summed E-state index contributed by atoms with van der Waals surface area (Å²) < 4.78 is 33.1. The molecule has 0 saturated heterocycles. The van der Waals surface area contributed by atoms with Gasteiger partial charge in [0.1, 0.15) is 0 Å². The zero-order valence-corrected chi connectivity index (χ0v) is 15.5. The molecule has 0 unspecified atom stereocenters. The van der Waals surface area contributed by atoms with Gasteiger partial charge in [-0.15, -0.1) is 0 Å². The SMILES string of the molecule is CC(C)c1ccc2c(C(C)C)c(S(=O)(=O)O)ccc2c1C(C)C. The fourth-order valence-corrected chi connectivity index (χ4v) is 4.28. The van der Waals surface area contributed by atoms with E-state index >= 15 is 0 Å². The molecule has 0 fully saturated rings. The van der Waals surface area contributed by atoms with Gasteiger partial charge in [0.15, 0.2) is 0 Å². The molecule has 4 heteroatoms. The predicted molar refractivity (Wildman–Crippen MR) is 96.0 cm³/mol. The van der Waals surface area contributed by atoms with Crippen molar-refractivity contribution in [3.05, 3.63) is 41.0 Å². The van der Waals surface area contributed by atoms with Crippen LogP contribution in [0.2, 0.25) is 0 Å². The summed E-state index contributed by atoms with van der Waals surface area (Å²) in [7, 11) is -4.23. The van der Waals surface area contributed by atoms with Gasteiger partial charge in [-0.1, -0.05) is 59.7 Å². The first-order valence-corrected chi connectivity index (χ1v) is 9.56. The second-order valence-electron chi connectivity index (χ2n) is 7.08. The molecule has 0 aliphatic carbocycles. The Labute approximate surface area is 139 Å². The lowest BCUT2D eigenvalue weighted by Crippen LogP contribution is -2.07. The largest absolute Gasteiger partial charge is 0.294 e. The number of hydrogen-bond acceptors (Lipinski definition) is 2. The average molecular weight is 334 g/mol. The predicted octanol–water partition coefficient (Wildman–Crippen LogP) is 5.46. The Hall–Kier alpha value is -1.39. The van der Waals surface area contributed by atoms with Gasteiger partial charge in [-0.3, -0.25) is 4.55 Å². The molecule has 0 radical (unpaired) electrons. The van der Waals surface area contributed by atoms with Crippen LogP contribution in [0.25, 0.3) is 10.8 Å².